The van der Waals surface area contributed by atoms with Gasteiger partial charge in [-0.1, -0.05) is 0 Å². The van der Waals surface area contributed by atoms with Gasteiger partial charge in [-0.25, -0.2) is 24.9 Å². The molecule has 24 heavy (non-hydrogen) atoms. The predicted octanol–water partition coefficient (Wildman–Crippen LogP) is 3.06. The van der Waals surface area contributed by atoms with Crippen molar-refractivity contribution < 1.29 is 0 Å². The van der Waals surface area contributed by atoms with Gasteiger partial charge >= 0.3 is 0 Å². The van der Waals surface area contributed by atoms with Crippen LogP contribution in [0.5, 0.6) is 0 Å². The fourth-order valence-electron chi connectivity index (χ4n) is 2.33. The summed E-state index contributed by atoms with van der Waals surface area (Å²) in [6.07, 6.45) is 10.3. The molecule has 114 valence electrons. The molecule has 0 N–H and O–H groups in total. The summed E-state index contributed by atoms with van der Waals surface area (Å²) in [5.74, 6) is 1.12. The molecule has 0 amide bonds. The number of rotatable bonds is 3. The van der Waals surface area contributed by atoms with Crippen LogP contribution in [-0.4, -0.2) is 29.9 Å². The Morgan fingerprint density at radius 2 is 1.04 bits per heavy atom. The number of nitrogens with zero attached hydrogens (tertiary/aromatic N) is 6. The molecule has 0 saturated heterocycles. The zero-order valence-electron chi connectivity index (χ0n) is 12.6. The first-order valence-corrected chi connectivity index (χ1v) is 7.37. The second kappa shape index (κ2) is 6.29. The maximum atomic E-state index is 4.63. The molecule has 4 rings (SSSR count). The van der Waals surface area contributed by atoms with Crippen LogP contribution >= 0.6 is 0 Å². The van der Waals surface area contributed by atoms with E-state index >= 15 is 0 Å². The minimum absolute atomic E-state index is 0.561. The molecule has 0 aromatic carbocycles. The zero-order chi connectivity index (χ0) is 16.2. The van der Waals surface area contributed by atoms with E-state index < -0.39 is 0 Å². The number of aromatic nitrogens is 6. The molecule has 0 aliphatic carbocycles. The molecule has 0 bridgehead atoms. The van der Waals surface area contributed by atoms with Crippen molar-refractivity contribution in [1.29, 1.82) is 0 Å². The Kier molecular flexibility index (Phi) is 3.69. The molecular weight excluding hydrogens is 300 g/mol. The highest BCUT2D eigenvalue weighted by Crippen LogP contribution is 2.27. The van der Waals surface area contributed by atoms with Crippen molar-refractivity contribution >= 4 is 0 Å². The molecule has 0 radical (unpaired) electrons. The first kappa shape index (κ1) is 14.1. The van der Waals surface area contributed by atoms with Gasteiger partial charge in [0.1, 0.15) is 11.4 Å². The van der Waals surface area contributed by atoms with Gasteiger partial charge in [-0.3, -0.25) is 4.98 Å². The normalized spacial score (nSPS) is 10.5. The highest BCUT2D eigenvalue weighted by atomic mass is 14.9. The van der Waals surface area contributed by atoms with Gasteiger partial charge in [0.2, 0.25) is 0 Å². The van der Waals surface area contributed by atoms with Gasteiger partial charge in [0, 0.05) is 37.2 Å². The van der Waals surface area contributed by atoms with E-state index in [2.05, 4.69) is 29.9 Å². The summed E-state index contributed by atoms with van der Waals surface area (Å²) in [5, 5.41) is 0. The molecule has 0 fully saturated rings. The summed E-state index contributed by atoms with van der Waals surface area (Å²) < 4.78 is 0. The van der Waals surface area contributed by atoms with Crippen LogP contribution in [0.25, 0.3) is 34.2 Å². The summed E-state index contributed by atoms with van der Waals surface area (Å²) in [6, 6.07) is 11.4. The summed E-state index contributed by atoms with van der Waals surface area (Å²) in [5.41, 5.74) is 3.36. The van der Waals surface area contributed by atoms with Crippen LogP contribution in [0, 0.1) is 0 Å². The van der Waals surface area contributed by atoms with E-state index in [0.717, 1.165) is 11.1 Å². The van der Waals surface area contributed by atoms with Gasteiger partial charge in [-0.15, -0.1) is 0 Å². The summed E-state index contributed by atoms with van der Waals surface area (Å²) >= 11 is 0. The largest absolute Gasteiger partial charge is 0.265 e. The lowest BCUT2D eigenvalue weighted by molar-refractivity contribution is 1.11. The van der Waals surface area contributed by atoms with E-state index in [-0.39, 0.29) is 0 Å². The van der Waals surface area contributed by atoms with Crippen LogP contribution in [0.3, 0.4) is 0 Å². The van der Waals surface area contributed by atoms with E-state index in [1.165, 1.54) is 0 Å². The zero-order valence-corrected chi connectivity index (χ0v) is 12.6. The van der Waals surface area contributed by atoms with Gasteiger partial charge < -0.3 is 0 Å². The van der Waals surface area contributed by atoms with Crippen LogP contribution in [0.1, 0.15) is 0 Å². The van der Waals surface area contributed by atoms with E-state index in [4.69, 9.17) is 0 Å². The molecule has 0 aliphatic rings. The average Bonchev–Trinajstić information content (AvgIpc) is 2.70. The number of pyridine rings is 2. The highest BCUT2D eigenvalue weighted by Gasteiger charge is 2.11. The smallest absolute Gasteiger partial charge is 0.178 e. The Balaban J connectivity index is 1.92. The molecule has 6 heteroatoms. The number of hydrogen-bond donors (Lipinski definition) is 0. The van der Waals surface area contributed by atoms with Crippen LogP contribution < -0.4 is 0 Å². The molecular formula is C18H12N6. The maximum absolute atomic E-state index is 4.63. The quantitative estimate of drug-likeness (QED) is 0.578. The Labute approximate surface area is 138 Å². The molecule has 4 aromatic rings. The van der Waals surface area contributed by atoms with Gasteiger partial charge in [0.15, 0.2) is 11.6 Å². The standard InChI is InChI=1S/C18H12N6/c1-5-20-17(21-6-1)15-11-14(13-3-9-19-10-4-13)12-16(24-15)18-22-7-2-8-23-18/h1-12H. The van der Waals surface area contributed by atoms with Crippen LogP contribution in [-0.2, 0) is 0 Å². The second-order valence-corrected chi connectivity index (χ2v) is 5.01. The molecule has 0 aliphatic heterocycles. The minimum Gasteiger partial charge on any atom is -0.265 e. The Morgan fingerprint density at radius 3 is 1.54 bits per heavy atom. The van der Waals surface area contributed by atoms with Crippen LogP contribution in [0.4, 0.5) is 0 Å². The summed E-state index contributed by atoms with van der Waals surface area (Å²) in [4.78, 5) is 25.9. The molecule has 4 aromatic heterocycles. The summed E-state index contributed by atoms with van der Waals surface area (Å²) in [6.45, 7) is 0. The van der Waals surface area contributed by atoms with Gasteiger partial charge in [-0.05, 0) is 47.5 Å². The molecule has 4 heterocycles. The maximum Gasteiger partial charge on any atom is 0.178 e. The lowest BCUT2D eigenvalue weighted by atomic mass is 10.1. The molecule has 0 saturated carbocycles. The van der Waals surface area contributed by atoms with Crippen molar-refractivity contribution in [3.05, 3.63) is 73.6 Å². The van der Waals surface area contributed by atoms with Crippen LogP contribution in [0.2, 0.25) is 0 Å². The number of hydrogen-bond acceptors (Lipinski definition) is 6. The van der Waals surface area contributed by atoms with Crippen molar-refractivity contribution in [2.45, 2.75) is 0 Å². The topological polar surface area (TPSA) is 77.3 Å². The Morgan fingerprint density at radius 1 is 0.542 bits per heavy atom. The Bertz CT molecular complexity index is 803. The molecule has 6 nitrogen and oxygen atoms in total. The first-order chi connectivity index (χ1) is 11.9. The first-order valence-electron chi connectivity index (χ1n) is 7.37. The average molecular weight is 312 g/mol. The molecule has 0 unspecified atom stereocenters. The monoisotopic (exact) mass is 312 g/mol. The van der Waals surface area contributed by atoms with Crippen molar-refractivity contribution in [3.8, 4) is 34.2 Å². The lowest BCUT2D eigenvalue weighted by Crippen LogP contribution is -1.96. The fourth-order valence-corrected chi connectivity index (χ4v) is 2.33. The lowest BCUT2D eigenvalue weighted by Gasteiger charge is -2.08. The SMILES string of the molecule is c1cnc(-c2cc(-c3ccncc3)cc(-c3ncccn3)n2)nc1. The molecule has 0 atom stereocenters. The summed E-state index contributed by atoms with van der Waals surface area (Å²) in [7, 11) is 0. The third-order valence-electron chi connectivity index (χ3n) is 3.43. The predicted molar refractivity (Wildman–Crippen MR) is 89.5 cm³/mol. The third kappa shape index (κ3) is 2.85. The minimum atomic E-state index is 0.561. The van der Waals surface area contributed by atoms with Crippen molar-refractivity contribution in [1.82, 2.24) is 29.9 Å². The second-order valence-electron chi connectivity index (χ2n) is 5.01. The fraction of sp³-hybridized carbons (Fsp3) is 0. The third-order valence-corrected chi connectivity index (χ3v) is 3.43. The van der Waals surface area contributed by atoms with E-state index in [1.807, 2.05) is 24.3 Å². The van der Waals surface area contributed by atoms with Crippen LogP contribution in [0.15, 0.2) is 73.6 Å². The van der Waals surface area contributed by atoms with E-state index in [9.17, 15) is 0 Å². The van der Waals surface area contributed by atoms with Crippen molar-refractivity contribution in [3.63, 3.8) is 0 Å². The van der Waals surface area contributed by atoms with Crippen molar-refractivity contribution in [2.75, 3.05) is 0 Å². The van der Waals surface area contributed by atoms with Gasteiger partial charge in [-0.2, -0.15) is 0 Å². The van der Waals surface area contributed by atoms with Gasteiger partial charge in [0.05, 0.1) is 0 Å². The Hall–Kier alpha value is -3.54. The van der Waals surface area contributed by atoms with Gasteiger partial charge in [0.25, 0.3) is 0 Å². The van der Waals surface area contributed by atoms with Crippen molar-refractivity contribution in [2.24, 2.45) is 0 Å². The van der Waals surface area contributed by atoms with E-state index in [0.29, 0.717) is 23.0 Å². The molecule has 0 spiro atoms. The van der Waals surface area contributed by atoms with E-state index in [1.54, 1.807) is 49.3 Å². The highest BCUT2D eigenvalue weighted by molar-refractivity contribution is 5.72.